The number of ether oxygens (including phenoxy) is 1. The number of nitrogens with one attached hydrogen (secondary N) is 1. The molecular weight excluding hydrogens is 451 g/mol. The van der Waals surface area contributed by atoms with E-state index in [1.54, 1.807) is 24.0 Å². The van der Waals surface area contributed by atoms with E-state index < -0.39 is 0 Å². The molecule has 1 amide bonds. The molecule has 1 saturated heterocycles. The Labute approximate surface area is 171 Å². The Morgan fingerprint density at radius 3 is 2.50 bits per heavy atom. The summed E-state index contributed by atoms with van der Waals surface area (Å²) in [5.74, 6) is 0.462. The largest absolute Gasteiger partial charge is 0.469 e. The Balaban J connectivity index is 0.00000338. The lowest BCUT2D eigenvalue weighted by Gasteiger charge is -2.36. The number of esters is 1. The maximum Gasteiger partial charge on any atom is 0.310 e. The summed E-state index contributed by atoms with van der Waals surface area (Å²) in [6.07, 6.45) is 1.50. The van der Waals surface area contributed by atoms with Gasteiger partial charge in [-0.25, -0.2) is 0 Å². The molecule has 26 heavy (non-hydrogen) atoms. The van der Waals surface area contributed by atoms with Gasteiger partial charge in [-0.15, -0.1) is 24.0 Å². The van der Waals surface area contributed by atoms with Crippen molar-refractivity contribution < 1.29 is 18.7 Å². The number of furan rings is 1. The van der Waals surface area contributed by atoms with Crippen molar-refractivity contribution >= 4 is 41.8 Å². The van der Waals surface area contributed by atoms with E-state index in [-0.39, 0.29) is 41.8 Å². The van der Waals surface area contributed by atoms with Crippen LogP contribution in [-0.4, -0.2) is 74.0 Å². The number of guanidine groups is 1. The van der Waals surface area contributed by atoms with Gasteiger partial charge >= 0.3 is 5.97 Å². The van der Waals surface area contributed by atoms with Gasteiger partial charge in [0, 0.05) is 32.7 Å². The summed E-state index contributed by atoms with van der Waals surface area (Å²) in [6.45, 7) is 7.41. The zero-order valence-corrected chi connectivity index (χ0v) is 17.8. The Kier molecular flexibility index (Phi) is 9.46. The minimum atomic E-state index is -0.291. The van der Waals surface area contributed by atoms with Crippen molar-refractivity contribution in [2.75, 3.05) is 46.4 Å². The average molecular weight is 478 g/mol. The second kappa shape index (κ2) is 11.0. The first-order valence-electron chi connectivity index (χ1n) is 8.50. The monoisotopic (exact) mass is 478 g/mol. The fraction of sp³-hybridized carbons (Fsp3) is 0.588. The minimum absolute atomic E-state index is 0. The smallest absolute Gasteiger partial charge is 0.310 e. The number of amides is 1. The first kappa shape index (κ1) is 22.3. The molecule has 8 nitrogen and oxygen atoms in total. The van der Waals surface area contributed by atoms with Crippen molar-refractivity contribution in [3.8, 4) is 0 Å². The summed E-state index contributed by atoms with van der Waals surface area (Å²) in [7, 11) is 1.38. The van der Waals surface area contributed by atoms with Gasteiger partial charge < -0.3 is 24.3 Å². The van der Waals surface area contributed by atoms with Crippen molar-refractivity contribution in [2.45, 2.75) is 13.8 Å². The van der Waals surface area contributed by atoms with Gasteiger partial charge in [0.1, 0.15) is 0 Å². The molecule has 1 unspecified atom stereocenters. The van der Waals surface area contributed by atoms with Crippen LogP contribution in [0.5, 0.6) is 0 Å². The van der Waals surface area contributed by atoms with E-state index in [1.165, 1.54) is 13.4 Å². The van der Waals surface area contributed by atoms with Crippen molar-refractivity contribution in [3.63, 3.8) is 0 Å². The number of carbonyl (C=O) groups excluding carboxylic acids is 2. The molecule has 0 saturated carbocycles. The summed E-state index contributed by atoms with van der Waals surface area (Å²) < 4.78 is 9.90. The van der Waals surface area contributed by atoms with Gasteiger partial charge in [-0.2, -0.15) is 0 Å². The molecule has 1 fully saturated rings. The van der Waals surface area contributed by atoms with Crippen molar-refractivity contribution in [3.05, 3.63) is 24.2 Å². The standard InChI is InChI=1S/C17H26N4O4.HI/c1-4-18-17(19-12-13(2)16(23)24-3)21-9-7-20(8-10-21)15(22)14-6-5-11-25-14;/h5-6,11,13H,4,7-10,12H2,1-3H3,(H,18,19);1H. The predicted molar refractivity (Wildman–Crippen MR) is 109 cm³/mol. The number of hydrogen-bond donors (Lipinski definition) is 1. The molecule has 1 aromatic heterocycles. The van der Waals surface area contributed by atoms with Crippen LogP contribution in [0.2, 0.25) is 0 Å². The van der Waals surface area contributed by atoms with Crippen LogP contribution in [0.15, 0.2) is 27.8 Å². The molecule has 9 heteroatoms. The summed E-state index contributed by atoms with van der Waals surface area (Å²) >= 11 is 0. The Morgan fingerprint density at radius 1 is 1.31 bits per heavy atom. The number of halogens is 1. The van der Waals surface area contributed by atoms with Crippen LogP contribution in [0.4, 0.5) is 0 Å². The van der Waals surface area contributed by atoms with Gasteiger partial charge in [0.05, 0.1) is 25.8 Å². The normalized spacial score (nSPS) is 15.9. The van der Waals surface area contributed by atoms with E-state index in [9.17, 15) is 9.59 Å². The van der Waals surface area contributed by atoms with Gasteiger partial charge in [-0.3, -0.25) is 14.6 Å². The van der Waals surface area contributed by atoms with E-state index >= 15 is 0 Å². The van der Waals surface area contributed by atoms with Gasteiger partial charge in [0.25, 0.3) is 5.91 Å². The second-order valence-corrected chi connectivity index (χ2v) is 5.88. The number of piperazine rings is 1. The fourth-order valence-electron chi connectivity index (χ4n) is 2.60. The molecule has 0 aliphatic carbocycles. The Bertz CT molecular complexity index is 598. The third-order valence-electron chi connectivity index (χ3n) is 4.05. The first-order chi connectivity index (χ1) is 12.1. The molecule has 0 bridgehead atoms. The number of rotatable bonds is 5. The SMILES string of the molecule is CCNC(=NCC(C)C(=O)OC)N1CCN(C(=O)c2ccco2)CC1.I. The molecule has 0 spiro atoms. The quantitative estimate of drug-likeness (QED) is 0.298. The zero-order valence-electron chi connectivity index (χ0n) is 15.4. The summed E-state index contributed by atoms with van der Waals surface area (Å²) in [4.78, 5) is 32.2. The second-order valence-electron chi connectivity index (χ2n) is 5.88. The van der Waals surface area contributed by atoms with E-state index in [0.717, 1.165) is 12.5 Å². The maximum absolute atomic E-state index is 12.3. The zero-order chi connectivity index (χ0) is 18.2. The fourth-order valence-corrected chi connectivity index (χ4v) is 2.60. The number of aliphatic imine (C=N–C) groups is 1. The van der Waals surface area contributed by atoms with Gasteiger partial charge in [-0.1, -0.05) is 6.92 Å². The molecule has 0 radical (unpaired) electrons. The summed E-state index contributed by atoms with van der Waals surface area (Å²) in [5, 5.41) is 3.24. The minimum Gasteiger partial charge on any atom is -0.469 e. The highest BCUT2D eigenvalue weighted by Gasteiger charge is 2.25. The molecule has 1 atom stereocenters. The predicted octanol–water partition coefficient (Wildman–Crippen LogP) is 1.43. The molecule has 1 aromatic rings. The number of hydrogen-bond acceptors (Lipinski definition) is 5. The van der Waals surface area contributed by atoms with Gasteiger partial charge in [0.15, 0.2) is 11.7 Å². The molecular formula is C17H27IN4O4. The third kappa shape index (κ3) is 5.89. The molecule has 2 rings (SSSR count). The summed E-state index contributed by atoms with van der Waals surface area (Å²) in [5.41, 5.74) is 0. The third-order valence-corrected chi connectivity index (χ3v) is 4.05. The van der Waals surface area contributed by atoms with E-state index in [2.05, 4.69) is 15.2 Å². The molecule has 1 aliphatic heterocycles. The summed E-state index contributed by atoms with van der Waals surface area (Å²) in [6, 6.07) is 3.39. The van der Waals surface area contributed by atoms with Crippen LogP contribution in [0, 0.1) is 5.92 Å². The first-order valence-corrected chi connectivity index (χ1v) is 8.50. The van der Waals surface area contributed by atoms with Crippen LogP contribution in [0.1, 0.15) is 24.4 Å². The lowest BCUT2D eigenvalue weighted by atomic mass is 10.2. The topological polar surface area (TPSA) is 87.4 Å². The van der Waals surface area contributed by atoms with Crippen molar-refractivity contribution in [2.24, 2.45) is 10.9 Å². The van der Waals surface area contributed by atoms with Gasteiger partial charge in [-0.05, 0) is 19.1 Å². The van der Waals surface area contributed by atoms with Crippen LogP contribution in [-0.2, 0) is 9.53 Å². The number of methoxy groups -OCH3 is 1. The lowest BCUT2D eigenvalue weighted by Crippen LogP contribution is -2.53. The molecule has 146 valence electrons. The van der Waals surface area contributed by atoms with E-state index in [4.69, 9.17) is 9.15 Å². The molecule has 0 aromatic carbocycles. The van der Waals surface area contributed by atoms with Crippen LogP contribution in [0.3, 0.4) is 0 Å². The highest BCUT2D eigenvalue weighted by atomic mass is 127. The van der Waals surface area contributed by atoms with Gasteiger partial charge in [0.2, 0.25) is 0 Å². The maximum atomic E-state index is 12.3. The molecule has 2 heterocycles. The average Bonchev–Trinajstić information content (AvgIpc) is 3.18. The Morgan fingerprint density at radius 2 is 1.96 bits per heavy atom. The van der Waals surface area contributed by atoms with Crippen LogP contribution in [0.25, 0.3) is 0 Å². The van der Waals surface area contributed by atoms with Crippen LogP contribution < -0.4 is 5.32 Å². The molecule has 1 N–H and O–H groups in total. The van der Waals surface area contributed by atoms with Crippen molar-refractivity contribution in [1.29, 1.82) is 0 Å². The van der Waals surface area contributed by atoms with Crippen molar-refractivity contribution in [1.82, 2.24) is 15.1 Å². The number of nitrogens with zero attached hydrogens (tertiary/aromatic N) is 3. The highest BCUT2D eigenvalue weighted by Crippen LogP contribution is 2.10. The van der Waals surface area contributed by atoms with E-state index in [0.29, 0.717) is 38.5 Å². The van der Waals surface area contributed by atoms with E-state index in [1.807, 2.05) is 6.92 Å². The number of carbonyl (C=O) groups is 2. The lowest BCUT2D eigenvalue weighted by molar-refractivity contribution is -0.144. The van der Waals surface area contributed by atoms with Crippen LogP contribution >= 0.6 is 24.0 Å². The molecule has 1 aliphatic rings. The highest BCUT2D eigenvalue weighted by molar-refractivity contribution is 14.0. The Hall–Kier alpha value is -1.78.